The third-order valence-electron chi connectivity index (χ3n) is 6.66. The summed E-state index contributed by atoms with van der Waals surface area (Å²) in [6, 6.07) is 7.46. The number of carbonyl (C=O) groups excluding carboxylic acids is 3. The summed E-state index contributed by atoms with van der Waals surface area (Å²) in [4.78, 5) is 46.4. The van der Waals surface area contributed by atoms with E-state index in [2.05, 4.69) is 15.4 Å². The molecular weight excluding hydrogens is 477 g/mol. The summed E-state index contributed by atoms with van der Waals surface area (Å²) in [5.41, 5.74) is 7.58. The fraction of sp³-hybridized carbons (Fsp3) is 0.346. The van der Waals surface area contributed by atoms with Gasteiger partial charge in [0.25, 0.3) is 5.91 Å². The third kappa shape index (κ3) is 5.16. The van der Waals surface area contributed by atoms with E-state index >= 15 is 0 Å². The number of nitrogens with zero attached hydrogens (tertiary/aromatic N) is 5. The highest BCUT2D eigenvalue weighted by Crippen LogP contribution is 2.33. The van der Waals surface area contributed by atoms with Gasteiger partial charge in [0.2, 0.25) is 5.91 Å². The predicted octanol–water partition coefficient (Wildman–Crippen LogP) is 2.74. The van der Waals surface area contributed by atoms with Gasteiger partial charge in [0.05, 0.1) is 12.0 Å². The van der Waals surface area contributed by atoms with Gasteiger partial charge in [-0.3, -0.25) is 24.1 Å². The number of β-lactam (4-membered cyclic amide) rings is 1. The van der Waals surface area contributed by atoms with Crippen LogP contribution in [0.25, 0.3) is 0 Å². The van der Waals surface area contributed by atoms with E-state index in [0.29, 0.717) is 29.2 Å². The van der Waals surface area contributed by atoms with Crippen LogP contribution in [0.3, 0.4) is 0 Å². The molecule has 3 atom stereocenters. The van der Waals surface area contributed by atoms with Gasteiger partial charge < -0.3 is 11.1 Å². The molecule has 4 amide bonds. The smallest absolute Gasteiger partial charge is 0.325 e. The zero-order valence-corrected chi connectivity index (χ0v) is 21.2. The molecule has 37 heavy (non-hydrogen) atoms. The average Bonchev–Trinajstić information content (AvgIpc) is 3.31. The molecule has 1 aromatic carbocycles. The van der Waals surface area contributed by atoms with E-state index in [-0.39, 0.29) is 12.2 Å². The number of nitrogens with two attached hydrogens (primary N) is 1. The second kappa shape index (κ2) is 10.4. The van der Waals surface area contributed by atoms with Crippen molar-refractivity contribution < 1.29 is 18.8 Å². The van der Waals surface area contributed by atoms with Crippen LogP contribution in [0.15, 0.2) is 48.8 Å². The highest BCUT2D eigenvalue weighted by atomic mass is 19.1. The van der Waals surface area contributed by atoms with Crippen LogP contribution >= 0.6 is 0 Å². The lowest BCUT2D eigenvalue weighted by Crippen LogP contribution is -2.70. The Kier molecular flexibility index (Phi) is 7.23. The number of aromatic nitrogens is 3. The Balaban J connectivity index is 1.60. The van der Waals surface area contributed by atoms with Crippen LogP contribution in [0.1, 0.15) is 36.1 Å². The van der Waals surface area contributed by atoms with Crippen molar-refractivity contribution in [2.45, 2.75) is 38.8 Å². The number of pyridine rings is 1. The van der Waals surface area contributed by atoms with Crippen LogP contribution in [0, 0.1) is 18.7 Å². The molecule has 0 bridgehead atoms. The minimum atomic E-state index is -1.05. The van der Waals surface area contributed by atoms with Crippen molar-refractivity contribution in [3.05, 3.63) is 71.3 Å². The minimum Gasteiger partial charge on any atom is -0.384 e. The van der Waals surface area contributed by atoms with E-state index in [4.69, 9.17) is 5.73 Å². The predicted molar refractivity (Wildman–Crippen MR) is 136 cm³/mol. The maximum atomic E-state index is 14.2. The number of benzene rings is 1. The maximum Gasteiger partial charge on any atom is 0.325 e. The second-order valence-electron chi connectivity index (χ2n) is 9.22. The number of hydrogen-bond donors (Lipinski definition) is 2. The van der Waals surface area contributed by atoms with Gasteiger partial charge in [-0.05, 0) is 54.7 Å². The third-order valence-corrected chi connectivity index (χ3v) is 6.66. The number of likely N-dealkylation sites (N-methyl/N-ethyl adjacent to an activating group) is 1. The number of nitrogens with one attached hydrogen (secondary N) is 1. The van der Waals surface area contributed by atoms with Crippen LogP contribution < -0.4 is 16.0 Å². The molecule has 3 N–H and O–H groups in total. The van der Waals surface area contributed by atoms with Gasteiger partial charge >= 0.3 is 6.03 Å². The van der Waals surface area contributed by atoms with Crippen molar-refractivity contribution in [3.63, 3.8) is 0 Å². The fourth-order valence-corrected chi connectivity index (χ4v) is 4.49. The molecule has 3 aromatic rings. The molecule has 3 heterocycles. The van der Waals surface area contributed by atoms with Crippen molar-refractivity contribution in [1.29, 1.82) is 0 Å². The van der Waals surface area contributed by atoms with E-state index in [9.17, 15) is 18.8 Å². The van der Waals surface area contributed by atoms with Gasteiger partial charge in [-0.1, -0.05) is 19.1 Å². The quantitative estimate of drug-likeness (QED) is 0.474. The summed E-state index contributed by atoms with van der Waals surface area (Å²) in [6.45, 7) is 3.50. The molecule has 10 nitrogen and oxygen atoms in total. The number of anilines is 2. The van der Waals surface area contributed by atoms with E-state index in [1.54, 1.807) is 62.2 Å². The first kappa shape index (κ1) is 25.8. The zero-order valence-electron chi connectivity index (χ0n) is 21.2. The monoisotopic (exact) mass is 507 g/mol. The Labute approximate surface area is 214 Å². The number of rotatable bonds is 7. The molecule has 4 rings (SSSR count). The number of imide groups is 1. The van der Waals surface area contributed by atoms with E-state index in [0.717, 1.165) is 10.5 Å². The molecule has 1 aliphatic rings. The molecule has 194 valence electrons. The Morgan fingerprint density at radius 1 is 1.24 bits per heavy atom. The first-order valence-corrected chi connectivity index (χ1v) is 12.0. The lowest BCUT2D eigenvalue weighted by atomic mass is 9.81. The fourth-order valence-electron chi connectivity index (χ4n) is 4.49. The van der Waals surface area contributed by atoms with E-state index in [1.165, 1.54) is 17.2 Å². The Hall–Kier alpha value is -4.28. The van der Waals surface area contributed by atoms with Crippen molar-refractivity contribution >= 4 is 29.5 Å². The normalized spacial score (nSPS) is 17.8. The van der Waals surface area contributed by atoms with Crippen LogP contribution in [0.4, 0.5) is 20.8 Å². The molecule has 0 spiro atoms. The lowest BCUT2D eigenvalue weighted by Gasteiger charge is -2.45. The van der Waals surface area contributed by atoms with Crippen LogP contribution in [-0.2, 0) is 23.1 Å². The number of amides is 4. The maximum absolute atomic E-state index is 14.2. The molecule has 1 fully saturated rings. The molecule has 1 saturated heterocycles. The molecular formula is C26H30FN7O3. The summed E-state index contributed by atoms with van der Waals surface area (Å²) in [7, 11) is 3.28. The largest absolute Gasteiger partial charge is 0.384 e. The Bertz CT molecular complexity index is 1340. The van der Waals surface area contributed by atoms with E-state index in [1.807, 2.05) is 6.92 Å². The van der Waals surface area contributed by atoms with Crippen molar-refractivity contribution in [3.8, 4) is 0 Å². The van der Waals surface area contributed by atoms with Gasteiger partial charge in [0.1, 0.15) is 17.7 Å². The van der Waals surface area contributed by atoms with Gasteiger partial charge in [-0.2, -0.15) is 5.10 Å². The summed E-state index contributed by atoms with van der Waals surface area (Å²) in [5.74, 6) is -1.40. The van der Waals surface area contributed by atoms with Crippen LogP contribution in [0.2, 0.25) is 0 Å². The van der Waals surface area contributed by atoms with Crippen molar-refractivity contribution in [2.24, 2.45) is 13.0 Å². The standard InChI is InChI=1S/C26H30FN7O3/c1-5-20(17-7-6-15(2)19(27)14-17)30-26(37)34-23(25(36)33(4)22-9-11-32(3)31-22)18(24(34)35)12-16-8-10-29-21(28)13-16/h6-11,13-14,18,20,23H,5,12H2,1-4H3,(H2,28,29)(H,30,37)/t18-,20-,23+/m1/s1. The first-order valence-electron chi connectivity index (χ1n) is 12.0. The number of aryl methyl sites for hydroxylation is 2. The number of urea groups is 1. The summed E-state index contributed by atoms with van der Waals surface area (Å²) in [6.07, 6.45) is 3.89. The topological polar surface area (TPSA) is 126 Å². The van der Waals surface area contributed by atoms with Gasteiger partial charge in [-0.15, -0.1) is 0 Å². The van der Waals surface area contributed by atoms with Gasteiger partial charge in [0.15, 0.2) is 5.82 Å². The number of hydrogen-bond acceptors (Lipinski definition) is 6. The summed E-state index contributed by atoms with van der Waals surface area (Å²) < 4.78 is 15.7. The molecule has 11 heteroatoms. The summed E-state index contributed by atoms with van der Waals surface area (Å²) >= 11 is 0. The van der Waals surface area contributed by atoms with Gasteiger partial charge in [-0.25, -0.2) is 14.2 Å². The molecule has 1 aliphatic heterocycles. The van der Waals surface area contributed by atoms with Crippen molar-refractivity contribution in [2.75, 3.05) is 17.7 Å². The number of halogens is 1. The highest BCUT2D eigenvalue weighted by molar-refractivity contribution is 6.12. The molecule has 0 radical (unpaired) electrons. The van der Waals surface area contributed by atoms with Crippen LogP contribution in [0.5, 0.6) is 0 Å². The first-order chi connectivity index (χ1) is 17.6. The van der Waals surface area contributed by atoms with Crippen molar-refractivity contribution in [1.82, 2.24) is 25.0 Å². The second-order valence-corrected chi connectivity index (χ2v) is 9.22. The van der Waals surface area contributed by atoms with Gasteiger partial charge in [0, 0.05) is 32.6 Å². The lowest BCUT2D eigenvalue weighted by molar-refractivity contribution is -0.156. The Morgan fingerprint density at radius 3 is 2.62 bits per heavy atom. The molecule has 0 saturated carbocycles. The average molecular weight is 508 g/mol. The number of carbonyl (C=O) groups is 3. The molecule has 0 aliphatic carbocycles. The minimum absolute atomic E-state index is 0.210. The highest BCUT2D eigenvalue weighted by Gasteiger charge is 2.55. The number of nitrogen functional groups attached to an aromatic ring is 1. The summed E-state index contributed by atoms with van der Waals surface area (Å²) in [5, 5.41) is 7.06. The zero-order chi connectivity index (χ0) is 26.9. The molecule has 0 unspecified atom stereocenters. The SMILES string of the molecule is CC[C@@H](NC(=O)N1C(=O)[C@H](Cc2ccnc(N)c2)[C@H]1C(=O)N(C)c1ccn(C)n1)c1ccc(C)c(F)c1. The van der Waals surface area contributed by atoms with E-state index < -0.39 is 35.8 Å². The number of likely N-dealkylation sites (tertiary alicyclic amines) is 1. The molecule has 2 aromatic heterocycles. The van der Waals surface area contributed by atoms with Crippen LogP contribution in [-0.4, -0.2) is 50.6 Å². The Morgan fingerprint density at radius 2 is 2.00 bits per heavy atom.